The van der Waals surface area contributed by atoms with Gasteiger partial charge in [0.1, 0.15) is 5.82 Å². The average molecular weight is 282 g/mol. The average Bonchev–Trinajstić information content (AvgIpc) is 2.93. The Kier molecular flexibility index (Phi) is 5.54. The summed E-state index contributed by atoms with van der Waals surface area (Å²) in [6, 6.07) is 0.0365. The second-order valence-corrected chi connectivity index (χ2v) is 5.34. The predicted molar refractivity (Wildman–Crippen MR) is 77.1 cm³/mol. The summed E-state index contributed by atoms with van der Waals surface area (Å²) >= 11 is 0. The Morgan fingerprint density at radius 3 is 2.90 bits per heavy atom. The summed E-state index contributed by atoms with van der Waals surface area (Å²) in [7, 11) is 1.76. The number of methoxy groups -OCH3 is 1. The summed E-state index contributed by atoms with van der Waals surface area (Å²) in [5, 5.41) is 0. The quantitative estimate of drug-likeness (QED) is 0.573. The summed E-state index contributed by atoms with van der Waals surface area (Å²) in [5.41, 5.74) is 2.67. The van der Waals surface area contributed by atoms with Crippen LogP contribution in [0.25, 0.3) is 0 Å². The molecule has 0 amide bonds. The van der Waals surface area contributed by atoms with Crippen LogP contribution < -0.4 is 11.3 Å². The van der Waals surface area contributed by atoms with Crippen molar-refractivity contribution < 1.29 is 9.47 Å². The number of nitrogens with zero attached hydrogens (tertiary/aromatic N) is 2. The van der Waals surface area contributed by atoms with Crippen LogP contribution in [0.2, 0.25) is 0 Å². The van der Waals surface area contributed by atoms with Gasteiger partial charge in [-0.25, -0.2) is 4.98 Å². The van der Waals surface area contributed by atoms with Crippen LogP contribution in [0.15, 0.2) is 12.4 Å². The highest BCUT2D eigenvalue weighted by Gasteiger charge is 2.40. The number of rotatable bonds is 7. The van der Waals surface area contributed by atoms with Crippen molar-refractivity contribution in [2.45, 2.75) is 50.8 Å². The van der Waals surface area contributed by atoms with Gasteiger partial charge in [-0.3, -0.25) is 11.3 Å². The number of hydrogen-bond donors (Lipinski definition) is 2. The summed E-state index contributed by atoms with van der Waals surface area (Å²) in [5.74, 6) is 6.85. The van der Waals surface area contributed by atoms with E-state index in [0.29, 0.717) is 0 Å². The maximum atomic E-state index is 5.82. The molecule has 0 aliphatic carbocycles. The minimum absolute atomic E-state index is 0.0365. The molecule has 1 aliphatic heterocycles. The van der Waals surface area contributed by atoms with Gasteiger partial charge in [-0.05, 0) is 6.42 Å². The minimum Gasteiger partial charge on any atom is -0.381 e. The maximum absolute atomic E-state index is 5.82. The Morgan fingerprint density at radius 1 is 1.55 bits per heavy atom. The summed E-state index contributed by atoms with van der Waals surface area (Å²) in [4.78, 5) is 4.46. The van der Waals surface area contributed by atoms with E-state index in [0.717, 1.165) is 51.3 Å². The smallest absolute Gasteiger partial charge is 0.110 e. The van der Waals surface area contributed by atoms with E-state index < -0.39 is 0 Å². The molecule has 0 aromatic carbocycles. The zero-order valence-corrected chi connectivity index (χ0v) is 12.5. The Balaban J connectivity index is 2.12. The molecule has 1 atom stereocenters. The molecule has 0 saturated carbocycles. The molecule has 3 N–H and O–H groups in total. The lowest BCUT2D eigenvalue weighted by atomic mass is 9.84. The van der Waals surface area contributed by atoms with Crippen LogP contribution >= 0.6 is 0 Å². The molecule has 0 spiro atoms. The maximum Gasteiger partial charge on any atom is 0.110 e. The molecule has 0 radical (unpaired) electrons. The molecule has 0 bridgehead atoms. The first-order chi connectivity index (χ1) is 9.75. The number of nitrogens with one attached hydrogen (secondary N) is 1. The van der Waals surface area contributed by atoms with Crippen LogP contribution in [0, 0.1) is 0 Å². The highest BCUT2D eigenvalue weighted by Crippen LogP contribution is 2.29. The number of aromatic nitrogens is 2. The molecule has 1 saturated heterocycles. The van der Waals surface area contributed by atoms with Crippen LogP contribution in [0.1, 0.15) is 32.0 Å². The van der Waals surface area contributed by atoms with E-state index in [1.54, 1.807) is 7.11 Å². The molecule has 20 heavy (non-hydrogen) atoms. The van der Waals surface area contributed by atoms with Crippen molar-refractivity contribution in [3.05, 3.63) is 18.2 Å². The van der Waals surface area contributed by atoms with E-state index in [1.165, 1.54) is 0 Å². The Labute approximate surface area is 120 Å². The molecular weight excluding hydrogens is 256 g/mol. The van der Waals surface area contributed by atoms with Gasteiger partial charge in [-0.2, -0.15) is 0 Å². The third kappa shape index (κ3) is 3.20. The topological polar surface area (TPSA) is 74.3 Å². The molecule has 2 heterocycles. The highest BCUT2D eigenvalue weighted by molar-refractivity contribution is 5.02. The van der Waals surface area contributed by atoms with Crippen molar-refractivity contribution >= 4 is 0 Å². The number of aryl methyl sites for hydroxylation is 1. The van der Waals surface area contributed by atoms with Gasteiger partial charge in [0.25, 0.3) is 0 Å². The van der Waals surface area contributed by atoms with Crippen LogP contribution in [-0.2, 0) is 22.4 Å². The normalized spacial score (nSPS) is 19.9. The first-order valence-electron chi connectivity index (χ1n) is 7.34. The third-order valence-corrected chi connectivity index (χ3v) is 4.23. The van der Waals surface area contributed by atoms with E-state index >= 15 is 0 Å². The third-order valence-electron chi connectivity index (χ3n) is 4.23. The van der Waals surface area contributed by atoms with Gasteiger partial charge in [-0.15, -0.1) is 0 Å². The number of hydrogen-bond acceptors (Lipinski definition) is 5. The van der Waals surface area contributed by atoms with E-state index in [-0.39, 0.29) is 11.6 Å². The Bertz CT molecular complexity index is 402. The molecule has 1 aliphatic rings. The lowest BCUT2D eigenvalue weighted by Gasteiger charge is -2.41. The number of nitrogens with two attached hydrogens (primary N) is 1. The lowest BCUT2D eigenvalue weighted by Crippen LogP contribution is -2.58. The standard InChI is InChI=1S/C14H26N4O2/c1-3-7-18-8-6-16-13(18)11-12(17-15)14(19-2)4-9-20-10-5-14/h6,8,12,17H,3-5,7,9-11,15H2,1-2H3. The fraction of sp³-hybridized carbons (Fsp3) is 0.786. The molecule has 1 aromatic rings. The van der Waals surface area contributed by atoms with Crippen molar-refractivity contribution in [3.8, 4) is 0 Å². The van der Waals surface area contributed by atoms with Crippen LogP contribution in [-0.4, -0.2) is 41.5 Å². The van der Waals surface area contributed by atoms with Crippen molar-refractivity contribution in [1.82, 2.24) is 15.0 Å². The molecule has 1 aromatic heterocycles. The van der Waals surface area contributed by atoms with Gasteiger partial charge in [-0.1, -0.05) is 6.92 Å². The van der Waals surface area contributed by atoms with Crippen LogP contribution in [0.5, 0.6) is 0 Å². The summed E-state index contributed by atoms with van der Waals surface area (Å²) in [6.07, 6.45) is 7.43. The van der Waals surface area contributed by atoms with Crippen LogP contribution in [0.3, 0.4) is 0 Å². The summed E-state index contributed by atoms with van der Waals surface area (Å²) < 4.78 is 13.5. The van der Waals surface area contributed by atoms with Crippen molar-refractivity contribution in [2.75, 3.05) is 20.3 Å². The van der Waals surface area contributed by atoms with Gasteiger partial charge in [0.05, 0.1) is 11.6 Å². The molecule has 6 nitrogen and oxygen atoms in total. The van der Waals surface area contributed by atoms with Crippen LogP contribution in [0.4, 0.5) is 0 Å². The number of hydrazine groups is 1. The molecule has 1 unspecified atom stereocenters. The van der Waals surface area contributed by atoms with Gasteiger partial charge in [0.15, 0.2) is 0 Å². The molecular formula is C14H26N4O2. The fourth-order valence-electron chi connectivity index (χ4n) is 2.97. The van der Waals surface area contributed by atoms with Crippen molar-refractivity contribution in [2.24, 2.45) is 5.84 Å². The van der Waals surface area contributed by atoms with Gasteiger partial charge >= 0.3 is 0 Å². The zero-order valence-electron chi connectivity index (χ0n) is 12.5. The minimum atomic E-state index is -0.268. The van der Waals surface area contributed by atoms with Crippen molar-refractivity contribution in [3.63, 3.8) is 0 Å². The number of imidazole rings is 1. The van der Waals surface area contributed by atoms with E-state index in [1.807, 2.05) is 12.4 Å². The summed E-state index contributed by atoms with van der Waals surface area (Å²) in [6.45, 7) is 4.58. The van der Waals surface area contributed by atoms with Crippen molar-refractivity contribution in [1.29, 1.82) is 0 Å². The molecule has 2 rings (SSSR count). The Hall–Kier alpha value is -0.950. The van der Waals surface area contributed by atoms with Gasteiger partial charge in [0, 0.05) is 58.5 Å². The highest BCUT2D eigenvalue weighted by atomic mass is 16.5. The fourth-order valence-corrected chi connectivity index (χ4v) is 2.97. The first kappa shape index (κ1) is 15.4. The zero-order chi connectivity index (χ0) is 14.4. The van der Waals surface area contributed by atoms with E-state index in [9.17, 15) is 0 Å². The SMILES string of the molecule is CCCn1ccnc1CC(NN)C1(OC)CCOCC1. The van der Waals surface area contributed by atoms with Gasteiger partial charge in [0.2, 0.25) is 0 Å². The molecule has 114 valence electrons. The first-order valence-corrected chi connectivity index (χ1v) is 7.34. The lowest BCUT2D eigenvalue weighted by molar-refractivity contribution is -0.110. The predicted octanol–water partition coefficient (Wildman–Crippen LogP) is 0.863. The van der Waals surface area contributed by atoms with Gasteiger partial charge < -0.3 is 14.0 Å². The Morgan fingerprint density at radius 2 is 2.30 bits per heavy atom. The molecule has 1 fully saturated rings. The number of ether oxygens (including phenoxy) is 2. The van der Waals surface area contributed by atoms with E-state index in [4.69, 9.17) is 15.3 Å². The second-order valence-electron chi connectivity index (χ2n) is 5.34. The monoisotopic (exact) mass is 282 g/mol. The largest absolute Gasteiger partial charge is 0.381 e. The van der Waals surface area contributed by atoms with E-state index in [2.05, 4.69) is 21.9 Å². The second kappa shape index (κ2) is 7.17. The molecule has 6 heteroatoms.